The van der Waals surface area contributed by atoms with Crippen molar-refractivity contribution >= 4 is 48.5 Å². The predicted molar refractivity (Wildman–Crippen MR) is 127 cm³/mol. The first-order valence-electron chi connectivity index (χ1n) is 9.40. The molecule has 4 aromatic rings. The summed E-state index contributed by atoms with van der Waals surface area (Å²) in [6, 6.07) is 41.6. The topological polar surface area (TPSA) is 0 Å². The zero-order valence-electron chi connectivity index (χ0n) is 15.5. The summed E-state index contributed by atoms with van der Waals surface area (Å²) in [7, 11) is 0. The third-order valence-corrected chi connectivity index (χ3v) is 14.8. The van der Waals surface area contributed by atoms with Crippen LogP contribution in [0, 0.1) is 0 Å². The summed E-state index contributed by atoms with van der Waals surface area (Å²) < 4.78 is 5.42. The first-order chi connectivity index (χ1) is 13.8. The standard InChI is InChI=1S/C26H21BrGe/c27-23-18-16-22(17-19-23)20-21-28(24-10-4-1-5-11-24,25-12-6-2-7-13-25)26-14-8-3-9-15-26/h1-21H/b21-20+. The molecular formula is C26H21BrGe. The molecule has 0 N–H and O–H groups in total. The molecule has 28 heavy (non-hydrogen) atoms. The average molecular weight is 486 g/mol. The van der Waals surface area contributed by atoms with E-state index in [0.717, 1.165) is 4.47 Å². The van der Waals surface area contributed by atoms with Crippen LogP contribution in [0.25, 0.3) is 6.08 Å². The van der Waals surface area contributed by atoms with E-state index in [1.54, 1.807) is 0 Å². The fourth-order valence-corrected chi connectivity index (χ4v) is 12.7. The van der Waals surface area contributed by atoms with E-state index in [2.05, 4.69) is 142 Å². The number of rotatable bonds is 5. The fraction of sp³-hybridized carbons (Fsp3) is 0. The van der Waals surface area contributed by atoms with Crippen molar-refractivity contribution in [1.82, 2.24) is 0 Å². The third-order valence-electron chi connectivity index (χ3n) is 5.08. The fourth-order valence-electron chi connectivity index (χ4n) is 3.69. The van der Waals surface area contributed by atoms with Crippen molar-refractivity contribution in [3.63, 3.8) is 0 Å². The van der Waals surface area contributed by atoms with Gasteiger partial charge in [0.25, 0.3) is 0 Å². The first-order valence-corrected chi connectivity index (χ1v) is 14.6. The van der Waals surface area contributed by atoms with Crippen LogP contribution in [0.2, 0.25) is 0 Å². The minimum atomic E-state index is -2.99. The van der Waals surface area contributed by atoms with E-state index in [1.165, 1.54) is 18.8 Å². The molecule has 0 heterocycles. The van der Waals surface area contributed by atoms with Crippen LogP contribution in [0.1, 0.15) is 5.56 Å². The van der Waals surface area contributed by atoms with Crippen molar-refractivity contribution in [2.24, 2.45) is 0 Å². The van der Waals surface area contributed by atoms with Gasteiger partial charge >= 0.3 is 179 Å². The van der Waals surface area contributed by atoms with Crippen LogP contribution < -0.4 is 13.2 Å². The van der Waals surface area contributed by atoms with E-state index in [1.807, 2.05) is 0 Å². The van der Waals surface area contributed by atoms with Crippen molar-refractivity contribution in [3.05, 3.63) is 130 Å². The summed E-state index contributed by atoms with van der Waals surface area (Å²) >= 11 is 0.539. The molecule has 4 rings (SSSR count). The van der Waals surface area contributed by atoms with Gasteiger partial charge in [-0.3, -0.25) is 0 Å². The second kappa shape index (κ2) is 8.77. The van der Waals surface area contributed by atoms with E-state index in [0.29, 0.717) is 0 Å². The Morgan fingerprint density at radius 3 is 1.29 bits per heavy atom. The molecule has 0 saturated heterocycles. The van der Waals surface area contributed by atoms with Crippen LogP contribution in [-0.4, -0.2) is 13.3 Å². The molecule has 0 unspecified atom stereocenters. The molecule has 0 aromatic heterocycles. The normalized spacial score (nSPS) is 11.6. The van der Waals surface area contributed by atoms with Crippen LogP contribution in [-0.2, 0) is 0 Å². The number of halogens is 1. The average Bonchev–Trinajstić information content (AvgIpc) is 2.78. The van der Waals surface area contributed by atoms with Crippen LogP contribution in [0.15, 0.2) is 125 Å². The molecule has 0 radical (unpaired) electrons. The second-order valence-electron chi connectivity index (χ2n) is 6.79. The molecule has 0 amide bonds. The Balaban J connectivity index is 1.97. The molecule has 0 aliphatic carbocycles. The Morgan fingerprint density at radius 1 is 0.500 bits per heavy atom. The second-order valence-corrected chi connectivity index (χ2v) is 15.4. The van der Waals surface area contributed by atoms with Crippen LogP contribution in [0.4, 0.5) is 0 Å². The summed E-state index contributed by atoms with van der Waals surface area (Å²) in [5.74, 6) is 0. The molecule has 0 fully saturated rings. The summed E-state index contributed by atoms with van der Waals surface area (Å²) in [6.45, 7) is 0. The van der Waals surface area contributed by atoms with E-state index >= 15 is 0 Å². The third kappa shape index (κ3) is 3.92. The summed E-state index contributed by atoms with van der Waals surface area (Å²) in [6.07, 6.45) is 2.30. The molecule has 0 nitrogen and oxygen atoms in total. The zero-order valence-corrected chi connectivity index (χ0v) is 19.2. The van der Waals surface area contributed by atoms with Gasteiger partial charge in [0.15, 0.2) is 0 Å². The van der Waals surface area contributed by atoms with Gasteiger partial charge in [0.1, 0.15) is 0 Å². The molecule has 0 saturated carbocycles. The number of hydrogen-bond donors (Lipinski definition) is 0. The maximum atomic E-state index is 3.53. The van der Waals surface area contributed by atoms with E-state index in [9.17, 15) is 0 Å². The van der Waals surface area contributed by atoms with Crippen LogP contribution >= 0.6 is 15.9 Å². The van der Waals surface area contributed by atoms with Crippen molar-refractivity contribution in [2.75, 3.05) is 0 Å². The van der Waals surface area contributed by atoms with Gasteiger partial charge in [-0.1, -0.05) is 0 Å². The van der Waals surface area contributed by atoms with Gasteiger partial charge in [0, 0.05) is 0 Å². The van der Waals surface area contributed by atoms with Gasteiger partial charge in [-0.05, 0) is 0 Å². The first kappa shape index (κ1) is 19.0. The van der Waals surface area contributed by atoms with E-state index in [-0.39, 0.29) is 0 Å². The van der Waals surface area contributed by atoms with Gasteiger partial charge in [0.05, 0.1) is 0 Å². The van der Waals surface area contributed by atoms with Crippen molar-refractivity contribution in [2.45, 2.75) is 0 Å². The van der Waals surface area contributed by atoms with Gasteiger partial charge in [-0.15, -0.1) is 0 Å². The number of hydrogen-bond acceptors (Lipinski definition) is 0. The Morgan fingerprint density at radius 2 is 0.893 bits per heavy atom. The van der Waals surface area contributed by atoms with Gasteiger partial charge < -0.3 is 0 Å². The summed E-state index contributed by atoms with van der Waals surface area (Å²) in [4.78, 5) is 2.52. The summed E-state index contributed by atoms with van der Waals surface area (Å²) in [5.41, 5.74) is 1.22. The summed E-state index contributed by atoms with van der Waals surface area (Å²) in [5, 5.41) is 0. The Hall–Kier alpha value is -2.36. The molecule has 0 aliphatic heterocycles. The number of benzene rings is 4. The van der Waals surface area contributed by atoms with Crippen molar-refractivity contribution < 1.29 is 0 Å². The molecule has 0 atom stereocenters. The Kier molecular flexibility index (Phi) is 5.94. The van der Waals surface area contributed by atoms with Gasteiger partial charge in [0.2, 0.25) is 0 Å². The molecule has 2 heteroatoms. The van der Waals surface area contributed by atoms with Crippen LogP contribution in [0.5, 0.6) is 0 Å². The molecule has 0 bridgehead atoms. The zero-order chi connectivity index (χ0) is 19.2. The maximum absolute atomic E-state index is 3.53. The predicted octanol–water partition coefficient (Wildman–Crippen LogP) is 5.17. The monoisotopic (exact) mass is 486 g/mol. The van der Waals surface area contributed by atoms with E-state index in [4.69, 9.17) is 0 Å². The molecule has 136 valence electrons. The van der Waals surface area contributed by atoms with Gasteiger partial charge in [-0.25, -0.2) is 0 Å². The molecule has 0 spiro atoms. The molecule has 0 aliphatic rings. The van der Waals surface area contributed by atoms with Crippen molar-refractivity contribution in [1.29, 1.82) is 0 Å². The van der Waals surface area contributed by atoms with Crippen molar-refractivity contribution in [3.8, 4) is 0 Å². The Labute approximate surface area is 178 Å². The Bertz CT molecular complexity index is 943. The van der Waals surface area contributed by atoms with Crippen LogP contribution in [0.3, 0.4) is 0 Å². The quantitative estimate of drug-likeness (QED) is 0.342. The molecule has 4 aromatic carbocycles. The SMILES string of the molecule is Brc1ccc(/C=[CH]/[Ge]([c]2ccccc2)([c]2ccccc2)[c]2ccccc2)cc1. The van der Waals surface area contributed by atoms with E-state index < -0.39 is 13.3 Å². The minimum absolute atomic E-state index is 1.10. The van der Waals surface area contributed by atoms with Gasteiger partial charge in [-0.2, -0.15) is 0 Å². The molecular weight excluding hydrogens is 465 g/mol.